The third kappa shape index (κ3) is 2.12. The van der Waals surface area contributed by atoms with Crippen molar-refractivity contribution in [2.24, 2.45) is 0 Å². The van der Waals surface area contributed by atoms with Crippen LogP contribution in [0.25, 0.3) is 10.8 Å². The van der Waals surface area contributed by atoms with Gasteiger partial charge in [-0.05, 0) is 24.3 Å². The number of anilines is 1. The molecule has 106 valence electrons. The standard InChI is InChI=1S/C16H12BrN3.BrH/c17-11-7-5-10(6-8-11)14-9-19-16-13-4-2-1-3-12(13)15(18)20(14)16;/h1-9,14H,18H2;1H. The van der Waals surface area contributed by atoms with Crippen LogP contribution in [0.15, 0.2) is 53.0 Å². The molecule has 1 aliphatic heterocycles. The van der Waals surface area contributed by atoms with Crippen LogP contribution in [0.3, 0.4) is 0 Å². The van der Waals surface area contributed by atoms with Crippen molar-refractivity contribution in [3.05, 3.63) is 58.6 Å². The lowest BCUT2D eigenvalue weighted by molar-refractivity contribution is -0.345. The molecule has 2 heterocycles. The van der Waals surface area contributed by atoms with Gasteiger partial charge in [-0.3, -0.25) is 0 Å². The molecule has 0 fully saturated rings. The van der Waals surface area contributed by atoms with Gasteiger partial charge in [-0.25, -0.2) is 4.99 Å². The van der Waals surface area contributed by atoms with Crippen LogP contribution in [0.4, 0.5) is 11.6 Å². The highest BCUT2D eigenvalue weighted by atomic mass is 79.9. The number of nitrogens with one attached hydrogen (secondary N) is 1. The molecule has 1 aromatic heterocycles. The molecule has 1 unspecified atom stereocenters. The summed E-state index contributed by atoms with van der Waals surface area (Å²) in [7, 11) is 0. The highest BCUT2D eigenvalue weighted by molar-refractivity contribution is 9.10. The topological polar surface area (TPSA) is 44.9 Å². The maximum atomic E-state index is 6.34. The smallest absolute Gasteiger partial charge is 0.289 e. The molecule has 5 heteroatoms. The molecule has 2 aromatic carbocycles. The van der Waals surface area contributed by atoms with Crippen LogP contribution in [-0.2, 0) is 0 Å². The van der Waals surface area contributed by atoms with Gasteiger partial charge in [-0.1, -0.05) is 40.2 Å². The van der Waals surface area contributed by atoms with Crippen molar-refractivity contribution in [3.8, 4) is 0 Å². The number of nitrogens with zero attached hydrogens (tertiary/aromatic N) is 1. The highest BCUT2D eigenvalue weighted by Crippen LogP contribution is 2.35. The third-order valence-electron chi connectivity index (χ3n) is 3.83. The van der Waals surface area contributed by atoms with Crippen molar-refractivity contribution in [1.82, 2.24) is 4.57 Å². The molecular formula is C16H13Br2N3. The molecule has 1 atom stereocenters. The summed E-state index contributed by atoms with van der Waals surface area (Å²) in [4.78, 5) is 3.37. The molecule has 1 aliphatic rings. The van der Waals surface area contributed by atoms with E-state index in [0.29, 0.717) is 0 Å². The second-order valence-corrected chi connectivity index (χ2v) is 5.87. The highest BCUT2D eigenvalue weighted by Gasteiger charge is 2.32. The maximum Gasteiger partial charge on any atom is 0.289 e. The molecule has 0 saturated heterocycles. The normalized spacial score (nSPS) is 16.0. The lowest BCUT2D eigenvalue weighted by Gasteiger charge is -2.07. The first-order valence-corrected chi connectivity index (χ1v) is 7.29. The summed E-state index contributed by atoms with van der Waals surface area (Å²) in [5.41, 5.74) is 7.56. The van der Waals surface area contributed by atoms with Crippen molar-refractivity contribution in [2.75, 3.05) is 5.73 Å². The summed E-state index contributed by atoms with van der Waals surface area (Å²) in [5.74, 6) is 1.88. The number of benzene rings is 2. The number of fused-ring (bicyclic) bond motifs is 3. The zero-order chi connectivity index (χ0) is 13.7. The Labute approximate surface area is 141 Å². The Morgan fingerprint density at radius 2 is 1.67 bits per heavy atom. The van der Waals surface area contributed by atoms with E-state index in [9.17, 15) is 0 Å². The third-order valence-corrected chi connectivity index (χ3v) is 4.35. The van der Waals surface area contributed by atoms with E-state index in [-0.39, 0.29) is 23.0 Å². The number of hydrogen-bond acceptors (Lipinski definition) is 1. The molecule has 0 aliphatic carbocycles. The van der Waals surface area contributed by atoms with Gasteiger partial charge in [0.25, 0.3) is 5.82 Å². The number of rotatable bonds is 1. The van der Waals surface area contributed by atoms with E-state index in [1.165, 1.54) is 10.9 Å². The first-order valence-electron chi connectivity index (χ1n) is 6.49. The summed E-state index contributed by atoms with van der Waals surface area (Å²) in [6.07, 6.45) is 2.08. The van der Waals surface area contributed by atoms with Gasteiger partial charge in [0.05, 0.1) is 10.8 Å². The van der Waals surface area contributed by atoms with E-state index in [1.807, 2.05) is 12.1 Å². The quantitative estimate of drug-likeness (QED) is 0.555. The molecule has 0 amide bonds. The second kappa shape index (κ2) is 5.31. The summed E-state index contributed by atoms with van der Waals surface area (Å²) in [5, 5.41) is 2.27. The van der Waals surface area contributed by atoms with Crippen LogP contribution in [0.1, 0.15) is 11.6 Å². The molecule has 3 N–H and O–H groups in total. The number of nitrogen functional groups attached to an aromatic ring is 1. The number of hydrogen-bond donors (Lipinski definition) is 2. The minimum atomic E-state index is 0. The molecule has 3 nitrogen and oxygen atoms in total. The SMILES string of the molecule is Nc1c2ccccc2c2n1C(c1ccc(Br)cc1)C=[NH+]2.[Br-]. The molecule has 21 heavy (non-hydrogen) atoms. The van der Waals surface area contributed by atoms with Crippen molar-refractivity contribution in [2.45, 2.75) is 6.04 Å². The maximum absolute atomic E-state index is 6.34. The lowest BCUT2D eigenvalue weighted by Crippen LogP contribution is -3.00. The van der Waals surface area contributed by atoms with Crippen LogP contribution >= 0.6 is 15.9 Å². The van der Waals surface area contributed by atoms with Crippen LogP contribution in [0.2, 0.25) is 0 Å². The Morgan fingerprint density at radius 1 is 1.00 bits per heavy atom. The fourth-order valence-electron chi connectivity index (χ4n) is 2.87. The Morgan fingerprint density at radius 3 is 2.38 bits per heavy atom. The monoisotopic (exact) mass is 405 g/mol. The fraction of sp³-hybridized carbons (Fsp3) is 0.0625. The second-order valence-electron chi connectivity index (χ2n) is 4.96. The van der Waals surface area contributed by atoms with Crippen LogP contribution in [-0.4, -0.2) is 10.8 Å². The van der Waals surface area contributed by atoms with Crippen molar-refractivity contribution < 1.29 is 22.0 Å². The van der Waals surface area contributed by atoms with E-state index < -0.39 is 0 Å². The molecular weight excluding hydrogens is 394 g/mol. The molecule has 0 saturated carbocycles. The molecule has 4 rings (SSSR count). The van der Waals surface area contributed by atoms with Gasteiger partial charge in [-0.2, -0.15) is 4.57 Å². The van der Waals surface area contributed by atoms with Crippen LogP contribution in [0.5, 0.6) is 0 Å². The number of halogens is 2. The Balaban J connectivity index is 0.00000132. The van der Waals surface area contributed by atoms with Gasteiger partial charge in [0.15, 0.2) is 6.04 Å². The summed E-state index contributed by atoms with van der Waals surface area (Å²) >= 11 is 3.47. The first kappa shape index (κ1) is 14.4. The molecule has 0 radical (unpaired) electrons. The molecule has 0 bridgehead atoms. The average Bonchev–Trinajstić information content (AvgIpc) is 3.02. The van der Waals surface area contributed by atoms with Gasteiger partial charge in [0, 0.05) is 10.0 Å². The number of aromatic nitrogens is 1. The van der Waals surface area contributed by atoms with E-state index in [1.54, 1.807) is 0 Å². The zero-order valence-corrected chi connectivity index (χ0v) is 14.2. The first-order chi connectivity index (χ1) is 9.75. The fourth-order valence-corrected chi connectivity index (χ4v) is 3.13. The number of nitrogens with two attached hydrogens (primary N) is 1. The minimum Gasteiger partial charge on any atom is -1.00 e. The Bertz CT molecular complexity index is 835. The van der Waals surface area contributed by atoms with Crippen molar-refractivity contribution >= 4 is 44.6 Å². The summed E-state index contributed by atoms with van der Waals surface area (Å²) in [6.45, 7) is 0. The van der Waals surface area contributed by atoms with Crippen molar-refractivity contribution in [3.63, 3.8) is 0 Å². The van der Waals surface area contributed by atoms with E-state index in [0.717, 1.165) is 21.5 Å². The van der Waals surface area contributed by atoms with Gasteiger partial charge < -0.3 is 22.7 Å². The van der Waals surface area contributed by atoms with Gasteiger partial charge in [0.2, 0.25) is 5.82 Å². The van der Waals surface area contributed by atoms with E-state index >= 15 is 0 Å². The van der Waals surface area contributed by atoms with Crippen LogP contribution in [0, 0.1) is 0 Å². The van der Waals surface area contributed by atoms with E-state index in [2.05, 4.69) is 68.1 Å². The van der Waals surface area contributed by atoms with Gasteiger partial charge >= 0.3 is 0 Å². The molecule has 0 spiro atoms. The lowest BCUT2D eigenvalue weighted by atomic mass is 10.1. The Kier molecular flexibility index (Phi) is 3.63. The van der Waals surface area contributed by atoms with Crippen molar-refractivity contribution in [1.29, 1.82) is 0 Å². The minimum absolute atomic E-state index is 0. The van der Waals surface area contributed by atoms with Gasteiger partial charge in [-0.15, -0.1) is 0 Å². The zero-order valence-electron chi connectivity index (χ0n) is 11.1. The summed E-state index contributed by atoms with van der Waals surface area (Å²) < 4.78 is 3.24. The average molecular weight is 407 g/mol. The Hall–Kier alpha value is -1.59. The summed E-state index contributed by atoms with van der Waals surface area (Å²) in [6, 6.07) is 16.7. The van der Waals surface area contributed by atoms with Crippen LogP contribution < -0.4 is 27.7 Å². The predicted molar refractivity (Wildman–Crippen MR) is 85.3 cm³/mol. The largest absolute Gasteiger partial charge is 1.00 e. The molecule has 3 aromatic rings. The predicted octanol–water partition coefficient (Wildman–Crippen LogP) is -0.624. The van der Waals surface area contributed by atoms with E-state index in [4.69, 9.17) is 5.73 Å². The van der Waals surface area contributed by atoms with Gasteiger partial charge in [0.1, 0.15) is 6.21 Å².